The lowest BCUT2D eigenvalue weighted by Gasteiger charge is -2.07. The molecule has 0 spiro atoms. The number of amides is 1. The zero-order chi connectivity index (χ0) is 11.4. The number of terminal acetylenes is 1. The number of halogens is 1. The number of anilines is 1. The average Bonchev–Trinajstić information content (AvgIpc) is 2.21. The van der Waals surface area contributed by atoms with Gasteiger partial charge in [0.2, 0.25) is 0 Å². The highest BCUT2D eigenvalue weighted by atomic mass is 19.1. The Hall–Kier alpha value is -2.02. The van der Waals surface area contributed by atoms with Crippen molar-refractivity contribution in [2.45, 2.75) is 13.0 Å². The number of hydrogen-bond acceptors (Lipinski definition) is 2. The zero-order valence-electron chi connectivity index (χ0n) is 8.25. The van der Waals surface area contributed by atoms with Gasteiger partial charge >= 0.3 is 0 Å². The van der Waals surface area contributed by atoms with Gasteiger partial charge in [-0.2, -0.15) is 0 Å². The SMILES string of the molecule is C#CC(C)NC(=O)c1ccc(N)c(F)c1. The molecule has 15 heavy (non-hydrogen) atoms. The summed E-state index contributed by atoms with van der Waals surface area (Å²) in [5, 5.41) is 2.51. The second-order valence-corrected chi connectivity index (χ2v) is 3.10. The topological polar surface area (TPSA) is 55.1 Å². The standard InChI is InChI=1S/C11H11FN2O/c1-3-7(2)14-11(15)8-4-5-10(13)9(12)6-8/h1,4-7H,13H2,2H3,(H,14,15). The molecule has 1 unspecified atom stereocenters. The number of nitrogen functional groups attached to an aromatic ring is 1. The quantitative estimate of drug-likeness (QED) is 0.563. The van der Waals surface area contributed by atoms with Crippen LogP contribution in [0, 0.1) is 18.2 Å². The van der Waals surface area contributed by atoms with E-state index in [0.717, 1.165) is 6.07 Å². The maximum absolute atomic E-state index is 13.0. The van der Waals surface area contributed by atoms with Gasteiger partial charge in [-0.1, -0.05) is 5.92 Å². The minimum atomic E-state index is -0.615. The summed E-state index contributed by atoms with van der Waals surface area (Å²) in [4.78, 5) is 11.5. The van der Waals surface area contributed by atoms with E-state index in [4.69, 9.17) is 12.2 Å². The molecule has 0 bridgehead atoms. The molecule has 0 aliphatic heterocycles. The van der Waals surface area contributed by atoms with Crippen LogP contribution in [0.5, 0.6) is 0 Å². The Kier molecular flexibility index (Phi) is 3.29. The van der Waals surface area contributed by atoms with Gasteiger partial charge in [0.1, 0.15) is 5.82 Å². The molecule has 1 rings (SSSR count). The van der Waals surface area contributed by atoms with Crippen LogP contribution < -0.4 is 11.1 Å². The van der Waals surface area contributed by atoms with Crippen LogP contribution in [0.1, 0.15) is 17.3 Å². The minimum absolute atomic E-state index is 0.0107. The highest BCUT2D eigenvalue weighted by molar-refractivity contribution is 5.94. The molecule has 4 heteroatoms. The van der Waals surface area contributed by atoms with Crippen LogP contribution in [-0.4, -0.2) is 11.9 Å². The van der Waals surface area contributed by atoms with Crippen LogP contribution in [0.2, 0.25) is 0 Å². The number of carbonyl (C=O) groups excluding carboxylic acids is 1. The zero-order valence-corrected chi connectivity index (χ0v) is 8.25. The smallest absolute Gasteiger partial charge is 0.252 e. The number of hydrogen-bond donors (Lipinski definition) is 2. The summed E-state index contributed by atoms with van der Waals surface area (Å²) in [5.74, 6) is 1.31. The molecule has 1 aromatic carbocycles. The highest BCUT2D eigenvalue weighted by Crippen LogP contribution is 2.11. The van der Waals surface area contributed by atoms with Crippen molar-refractivity contribution in [3.63, 3.8) is 0 Å². The summed E-state index contributed by atoms with van der Waals surface area (Å²) in [6.07, 6.45) is 5.09. The van der Waals surface area contributed by atoms with E-state index in [2.05, 4.69) is 11.2 Å². The van der Waals surface area contributed by atoms with Gasteiger partial charge in [-0.15, -0.1) is 6.42 Å². The molecule has 3 nitrogen and oxygen atoms in total. The number of nitrogens with two attached hydrogens (primary N) is 1. The molecule has 0 radical (unpaired) electrons. The van der Waals surface area contributed by atoms with Crippen molar-refractivity contribution in [2.24, 2.45) is 0 Å². The fourth-order valence-corrected chi connectivity index (χ4v) is 0.990. The second kappa shape index (κ2) is 4.47. The molecule has 0 heterocycles. The van der Waals surface area contributed by atoms with Crippen molar-refractivity contribution < 1.29 is 9.18 Å². The van der Waals surface area contributed by atoms with E-state index in [-0.39, 0.29) is 11.3 Å². The molecule has 0 fully saturated rings. The predicted molar refractivity (Wildman–Crippen MR) is 56.6 cm³/mol. The predicted octanol–water partition coefficient (Wildman–Crippen LogP) is 1.16. The van der Waals surface area contributed by atoms with Gasteiger partial charge in [0, 0.05) is 5.56 Å². The van der Waals surface area contributed by atoms with Crippen LogP contribution in [0.15, 0.2) is 18.2 Å². The van der Waals surface area contributed by atoms with Crippen LogP contribution in [0.3, 0.4) is 0 Å². The first-order valence-electron chi connectivity index (χ1n) is 4.36. The summed E-state index contributed by atoms with van der Waals surface area (Å²) < 4.78 is 13.0. The first kappa shape index (κ1) is 11.1. The Bertz CT molecular complexity index is 423. The van der Waals surface area contributed by atoms with Crippen LogP contribution in [-0.2, 0) is 0 Å². The lowest BCUT2D eigenvalue weighted by Crippen LogP contribution is -2.31. The van der Waals surface area contributed by atoms with Crippen LogP contribution in [0.4, 0.5) is 10.1 Å². The van der Waals surface area contributed by atoms with Crippen molar-refractivity contribution in [3.05, 3.63) is 29.6 Å². The maximum atomic E-state index is 13.0. The van der Waals surface area contributed by atoms with Gasteiger partial charge in [0.05, 0.1) is 11.7 Å². The van der Waals surface area contributed by atoms with E-state index in [1.807, 2.05) is 0 Å². The summed E-state index contributed by atoms with van der Waals surface area (Å²) in [6.45, 7) is 1.66. The molecule has 0 aromatic heterocycles. The molecule has 0 saturated carbocycles. The first-order valence-corrected chi connectivity index (χ1v) is 4.36. The average molecular weight is 206 g/mol. The van der Waals surface area contributed by atoms with Crippen molar-refractivity contribution >= 4 is 11.6 Å². The summed E-state index contributed by atoms with van der Waals surface area (Å²) >= 11 is 0. The van der Waals surface area contributed by atoms with Crippen molar-refractivity contribution in [3.8, 4) is 12.3 Å². The Labute approximate surface area is 87.5 Å². The van der Waals surface area contributed by atoms with Crippen molar-refractivity contribution in [2.75, 3.05) is 5.73 Å². The number of benzene rings is 1. The lowest BCUT2D eigenvalue weighted by molar-refractivity contribution is 0.0948. The fraction of sp³-hybridized carbons (Fsp3) is 0.182. The van der Waals surface area contributed by atoms with E-state index in [0.29, 0.717) is 0 Å². The number of rotatable bonds is 2. The van der Waals surface area contributed by atoms with Crippen LogP contribution >= 0.6 is 0 Å². The molecule has 1 amide bonds. The van der Waals surface area contributed by atoms with E-state index in [1.165, 1.54) is 12.1 Å². The largest absolute Gasteiger partial charge is 0.396 e. The van der Waals surface area contributed by atoms with Crippen molar-refractivity contribution in [1.82, 2.24) is 5.32 Å². The monoisotopic (exact) mass is 206 g/mol. The van der Waals surface area contributed by atoms with Gasteiger partial charge in [0.15, 0.2) is 0 Å². The minimum Gasteiger partial charge on any atom is -0.396 e. The molecule has 3 N–H and O–H groups in total. The van der Waals surface area contributed by atoms with Gasteiger partial charge in [-0.25, -0.2) is 4.39 Å². The van der Waals surface area contributed by atoms with Gasteiger partial charge in [-0.05, 0) is 25.1 Å². The van der Waals surface area contributed by atoms with Crippen molar-refractivity contribution in [1.29, 1.82) is 0 Å². The summed E-state index contributed by atoms with van der Waals surface area (Å²) in [7, 11) is 0. The molecule has 0 saturated heterocycles. The van der Waals surface area contributed by atoms with E-state index in [9.17, 15) is 9.18 Å². The normalized spacial score (nSPS) is 11.5. The third-order valence-electron chi connectivity index (χ3n) is 1.86. The molecular formula is C11H11FN2O. The van der Waals surface area contributed by atoms with E-state index >= 15 is 0 Å². The van der Waals surface area contributed by atoms with Gasteiger partial charge < -0.3 is 11.1 Å². The molecular weight excluding hydrogens is 195 g/mol. The second-order valence-electron chi connectivity index (χ2n) is 3.10. The van der Waals surface area contributed by atoms with E-state index in [1.54, 1.807) is 6.92 Å². The molecule has 78 valence electrons. The first-order chi connectivity index (χ1) is 7.04. The Morgan fingerprint density at radius 3 is 2.87 bits per heavy atom. The molecule has 1 aromatic rings. The highest BCUT2D eigenvalue weighted by Gasteiger charge is 2.09. The lowest BCUT2D eigenvalue weighted by atomic mass is 10.2. The Balaban J connectivity index is 2.84. The van der Waals surface area contributed by atoms with Crippen LogP contribution in [0.25, 0.3) is 0 Å². The molecule has 0 aliphatic rings. The van der Waals surface area contributed by atoms with Gasteiger partial charge in [-0.3, -0.25) is 4.79 Å². The third kappa shape index (κ3) is 2.71. The molecule has 1 atom stereocenters. The fourth-order valence-electron chi connectivity index (χ4n) is 0.990. The Morgan fingerprint density at radius 1 is 1.67 bits per heavy atom. The Morgan fingerprint density at radius 2 is 2.33 bits per heavy atom. The maximum Gasteiger partial charge on any atom is 0.252 e. The van der Waals surface area contributed by atoms with Gasteiger partial charge in [0.25, 0.3) is 5.91 Å². The molecule has 0 aliphatic carbocycles. The third-order valence-corrected chi connectivity index (χ3v) is 1.86. The summed E-state index contributed by atoms with van der Waals surface area (Å²) in [6, 6.07) is 3.47. The number of nitrogens with one attached hydrogen (secondary N) is 1. The summed E-state index contributed by atoms with van der Waals surface area (Å²) in [5.41, 5.74) is 5.49. The van der Waals surface area contributed by atoms with E-state index < -0.39 is 17.8 Å². The number of carbonyl (C=O) groups is 1.